The van der Waals surface area contributed by atoms with Gasteiger partial charge in [-0.3, -0.25) is 9.48 Å². The van der Waals surface area contributed by atoms with Gasteiger partial charge < -0.3 is 14.6 Å². The number of nitrogens with zero attached hydrogens (tertiary/aromatic N) is 3. The van der Waals surface area contributed by atoms with Crippen molar-refractivity contribution in [1.82, 2.24) is 9.78 Å². The summed E-state index contributed by atoms with van der Waals surface area (Å²) < 4.78 is 43.3. The Balaban J connectivity index is 1.56. The molecule has 1 atom stereocenters. The number of halogens is 1. The highest BCUT2D eigenvalue weighted by molar-refractivity contribution is 7.94. The van der Waals surface area contributed by atoms with Crippen LogP contribution >= 0.6 is 22.9 Å². The molecule has 3 aromatic carbocycles. The molecule has 0 fully saturated rings. The summed E-state index contributed by atoms with van der Waals surface area (Å²) in [4.78, 5) is 12.4. The molecule has 0 saturated heterocycles. The summed E-state index contributed by atoms with van der Waals surface area (Å²) >= 11 is 7.13. The quantitative estimate of drug-likeness (QED) is 0.0672. The van der Waals surface area contributed by atoms with Crippen molar-refractivity contribution in [1.29, 1.82) is 0 Å². The van der Waals surface area contributed by atoms with Gasteiger partial charge in [0.15, 0.2) is 5.82 Å². The van der Waals surface area contributed by atoms with Crippen molar-refractivity contribution >= 4 is 63.7 Å². The smallest absolute Gasteiger partial charge is 0.311 e. The maximum atomic E-state index is 14.1. The standard InChI is InChI=1S/C34H38ClN3O6S2Si/c1-43-29-15-9-14-28-32(29)33(38(23-44-18-19-47(2,3)4)46(41,42)31-17-16-30(35)45-31)36-37(28)22-25-12-8-13-26(20-25)27(34(39)40)21-24-10-6-5-7-11-24/h5-17,20,27H,18-19,21-23H2,1-4H3,(H,39,40). The number of sulfonamides is 1. The highest BCUT2D eigenvalue weighted by Gasteiger charge is 2.32. The fourth-order valence-corrected chi connectivity index (χ4v) is 8.89. The molecule has 47 heavy (non-hydrogen) atoms. The molecule has 2 aromatic heterocycles. The first kappa shape index (κ1) is 34.6. The number of aliphatic carboxylic acids is 1. The van der Waals surface area contributed by atoms with Crippen LogP contribution in [0.1, 0.15) is 22.6 Å². The highest BCUT2D eigenvalue weighted by Crippen LogP contribution is 2.38. The first-order chi connectivity index (χ1) is 22.4. The zero-order valence-electron chi connectivity index (χ0n) is 26.7. The van der Waals surface area contributed by atoms with Crippen LogP contribution in [0, 0.1) is 0 Å². The number of benzene rings is 3. The summed E-state index contributed by atoms with van der Waals surface area (Å²) in [5, 5.41) is 15.5. The normalized spacial score (nSPS) is 12.7. The summed E-state index contributed by atoms with van der Waals surface area (Å²) in [6.07, 6.45) is 0.350. The van der Waals surface area contributed by atoms with Gasteiger partial charge in [-0.25, -0.2) is 12.7 Å². The van der Waals surface area contributed by atoms with E-state index in [0.717, 1.165) is 28.5 Å². The van der Waals surface area contributed by atoms with Crippen LogP contribution < -0.4 is 9.04 Å². The van der Waals surface area contributed by atoms with E-state index in [1.807, 2.05) is 66.7 Å². The van der Waals surface area contributed by atoms with Crippen LogP contribution in [0.2, 0.25) is 30.0 Å². The predicted octanol–water partition coefficient (Wildman–Crippen LogP) is 7.73. The molecule has 9 nitrogen and oxygen atoms in total. The zero-order chi connectivity index (χ0) is 33.8. The number of aromatic nitrogens is 2. The molecular formula is C34H38ClN3O6S2Si. The van der Waals surface area contributed by atoms with E-state index in [0.29, 0.717) is 39.6 Å². The Morgan fingerprint density at radius 2 is 1.74 bits per heavy atom. The second-order valence-corrected chi connectivity index (χ2v) is 21.8. The third-order valence-corrected chi connectivity index (χ3v) is 12.9. The maximum absolute atomic E-state index is 14.1. The molecule has 2 heterocycles. The number of fused-ring (bicyclic) bond motifs is 1. The summed E-state index contributed by atoms with van der Waals surface area (Å²) in [6.45, 7) is 7.10. The summed E-state index contributed by atoms with van der Waals surface area (Å²) in [7, 11) is -4.04. The van der Waals surface area contributed by atoms with E-state index in [1.165, 1.54) is 17.5 Å². The van der Waals surface area contributed by atoms with E-state index < -0.39 is 30.0 Å². The SMILES string of the molecule is COc1cccc2c1c(N(COCC[Si](C)(C)C)S(=O)(=O)c1ccc(Cl)s1)nn2Cc1cccc(C(Cc2ccccc2)C(=O)O)c1. The van der Waals surface area contributed by atoms with Crippen molar-refractivity contribution in [2.75, 3.05) is 24.8 Å². The minimum absolute atomic E-state index is 0.0692. The number of methoxy groups -OCH3 is 1. The number of ether oxygens (including phenoxy) is 2. The van der Waals surface area contributed by atoms with Gasteiger partial charge in [0.1, 0.15) is 16.7 Å². The minimum atomic E-state index is -4.13. The number of hydrogen-bond acceptors (Lipinski definition) is 7. The van der Waals surface area contributed by atoms with Gasteiger partial charge in [-0.1, -0.05) is 91.9 Å². The van der Waals surface area contributed by atoms with Crippen LogP contribution in [0.25, 0.3) is 10.9 Å². The van der Waals surface area contributed by atoms with Crippen molar-refractivity contribution in [3.05, 3.63) is 106 Å². The molecule has 0 aliphatic heterocycles. The predicted molar refractivity (Wildman–Crippen MR) is 190 cm³/mol. The van der Waals surface area contributed by atoms with Crippen LogP contribution in [-0.4, -0.2) is 57.8 Å². The summed E-state index contributed by atoms with van der Waals surface area (Å²) in [6, 6.07) is 26.3. The fourth-order valence-electron chi connectivity index (χ4n) is 5.24. The van der Waals surface area contributed by atoms with Crippen molar-refractivity contribution in [2.45, 2.75) is 48.8 Å². The van der Waals surface area contributed by atoms with E-state index in [-0.39, 0.29) is 23.3 Å². The fraction of sp³-hybridized carbons (Fsp3) is 0.294. The third kappa shape index (κ3) is 8.25. The number of hydrogen-bond donors (Lipinski definition) is 1. The van der Waals surface area contributed by atoms with Crippen LogP contribution in [0.4, 0.5) is 5.82 Å². The number of carbonyl (C=O) groups is 1. The Morgan fingerprint density at radius 3 is 2.40 bits per heavy atom. The molecular weight excluding hydrogens is 674 g/mol. The van der Waals surface area contributed by atoms with E-state index in [1.54, 1.807) is 16.8 Å². The van der Waals surface area contributed by atoms with Gasteiger partial charge in [0.25, 0.3) is 10.0 Å². The van der Waals surface area contributed by atoms with Crippen LogP contribution in [-0.2, 0) is 32.5 Å². The Morgan fingerprint density at radius 1 is 1.02 bits per heavy atom. The Kier molecular flexibility index (Phi) is 10.8. The molecule has 248 valence electrons. The van der Waals surface area contributed by atoms with Crippen LogP contribution in [0.3, 0.4) is 0 Å². The molecule has 1 unspecified atom stereocenters. The lowest BCUT2D eigenvalue weighted by molar-refractivity contribution is -0.138. The molecule has 0 spiro atoms. The topological polar surface area (TPSA) is 111 Å². The molecule has 0 aliphatic carbocycles. The molecule has 1 N–H and O–H groups in total. The van der Waals surface area contributed by atoms with Crippen molar-refractivity contribution in [3.63, 3.8) is 0 Å². The molecule has 5 aromatic rings. The number of anilines is 1. The molecule has 0 amide bonds. The number of carboxylic acid groups (broad SMARTS) is 1. The van der Waals surface area contributed by atoms with Crippen molar-refractivity contribution < 1.29 is 27.8 Å². The lowest BCUT2D eigenvalue weighted by Gasteiger charge is -2.23. The molecule has 0 saturated carbocycles. The lowest BCUT2D eigenvalue weighted by atomic mass is 9.91. The third-order valence-electron chi connectivity index (χ3n) is 7.74. The van der Waals surface area contributed by atoms with Crippen LogP contribution in [0.15, 0.2) is 89.1 Å². The maximum Gasteiger partial charge on any atom is 0.311 e. The highest BCUT2D eigenvalue weighted by atomic mass is 35.5. The van der Waals surface area contributed by atoms with Gasteiger partial charge in [0, 0.05) is 14.7 Å². The van der Waals surface area contributed by atoms with Crippen LogP contribution in [0.5, 0.6) is 5.75 Å². The van der Waals surface area contributed by atoms with E-state index in [9.17, 15) is 18.3 Å². The Labute approximate surface area is 285 Å². The van der Waals surface area contributed by atoms with Gasteiger partial charge in [-0.05, 0) is 53.4 Å². The number of rotatable bonds is 15. The van der Waals surface area contributed by atoms with E-state index >= 15 is 0 Å². The Hall–Kier alpha value is -3.68. The molecule has 0 aliphatic rings. The van der Waals surface area contributed by atoms with Crippen molar-refractivity contribution in [2.24, 2.45) is 0 Å². The van der Waals surface area contributed by atoms with Gasteiger partial charge in [0.2, 0.25) is 0 Å². The van der Waals surface area contributed by atoms with E-state index in [4.69, 9.17) is 26.2 Å². The number of thiophene rings is 1. The molecule has 0 radical (unpaired) electrons. The largest absolute Gasteiger partial charge is 0.496 e. The van der Waals surface area contributed by atoms with Crippen molar-refractivity contribution in [3.8, 4) is 5.75 Å². The second kappa shape index (κ2) is 14.6. The average Bonchev–Trinajstić information content (AvgIpc) is 3.64. The first-order valence-electron chi connectivity index (χ1n) is 15.1. The lowest BCUT2D eigenvalue weighted by Crippen LogP contribution is -2.34. The summed E-state index contributed by atoms with van der Waals surface area (Å²) in [5.41, 5.74) is 3.06. The van der Waals surface area contributed by atoms with Gasteiger partial charge in [-0.15, -0.1) is 11.3 Å². The first-order valence-corrected chi connectivity index (χ1v) is 21.5. The van der Waals surface area contributed by atoms with E-state index in [2.05, 4.69) is 19.6 Å². The Bertz CT molecular complexity index is 1960. The molecule has 5 rings (SSSR count). The second-order valence-electron chi connectivity index (χ2n) is 12.4. The van der Waals surface area contributed by atoms with Gasteiger partial charge in [0.05, 0.1) is 34.8 Å². The van der Waals surface area contributed by atoms with Gasteiger partial charge >= 0.3 is 5.97 Å². The zero-order valence-corrected chi connectivity index (χ0v) is 30.1. The summed E-state index contributed by atoms with van der Waals surface area (Å²) in [5.74, 6) is -1.03. The monoisotopic (exact) mass is 711 g/mol. The minimum Gasteiger partial charge on any atom is -0.496 e. The average molecular weight is 712 g/mol. The molecule has 13 heteroatoms. The van der Waals surface area contributed by atoms with Gasteiger partial charge in [-0.2, -0.15) is 5.10 Å². The molecule has 0 bridgehead atoms. The number of carboxylic acids is 1.